The van der Waals surface area contributed by atoms with Crippen molar-refractivity contribution in [1.29, 1.82) is 0 Å². The number of likely N-dealkylation sites (tertiary alicyclic amines) is 1. The molecule has 0 aliphatic carbocycles. The normalized spacial score (nSPS) is 19.0. The lowest BCUT2D eigenvalue weighted by Crippen LogP contribution is -2.52. The first-order valence-corrected chi connectivity index (χ1v) is 23.3. The Kier molecular flexibility index (Phi) is 13.6. The van der Waals surface area contributed by atoms with Gasteiger partial charge in [-0.2, -0.15) is 0 Å². The summed E-state index contributed by atoms with van der Waals surface area (Å²) in [4.78, 5) is 56.4. The van der Waals surface area contributed by atoms with E-state index in [0.29, 0.717) is 30.2 Å². The summed E-state index contributed by atoms with van der Waals surface area (Å²) >= 11 is 0. The lowest BCUT2D eigenvalue weighted by Gasteiger charge is -2.35. The number of imide groups is 1. The molecular weight excluding hydrogens is 838 g/mol. The number of rotatable bonds is 15. The maximum absolute atomic E-state index is 14.9. The molecule has 0 radical (unpaired) electrons. The van der Waals surface area contributed by atoms with Gasteiger partial charge in [-0.1, -0.05) is 53.7 Å². The van der Waals surface area contributed by atoms with Crippen molar-refractivity contribution in [3.05, 3.63) is 130 Å². The number of piperidine rings is 2. The number of aromatic nitrogens is 5. The van der Waals surface area contributed by atoms with Crippen molar-refractivity contribution in [2.45, 2.75) is 76.9 Å². The van der Waals surface area contributed by atoms with Crippen LogP contribution < -0.4 is 16.0 Å². The van der Waals surface area contributed by atoms with Crippen LogP contribution in [-0.2, 0) is 35.5 Å². The molecule has 0 spiro atoms. The zero-order valence-electron chi connectivity index (χ0n) is 37.5. The number of carbonyl (C=O) groups excluding carboxylic acids is 3. The molecule has 0 bridgehead atoms. The van der Waals surface area contributed by atoms with E-state index in [-0.39, 0.29) is 43.7 Å². The lowest BCUT2D eigenvalue weighted by atomic mass is 9.85. The average molecular weight is 896 g/mol. The van der Waals surface area contributed by atoms with Crippen LogP contribution in [-0.4, -0.2) is 127 Å². The van der Waals surface area contributed by atoms with Crippen molar-refractivity contribution in [1.82, 2.24) is 45.0 Å². The zero-order chi connectivity index (χ0) is 45.7. The smallest absolute Gasteiger partial charge is 0.255 e. The topological polar surface area (TPSA) is 179 Å². The lowest BCUT2D eigenvalue weighted by molar-refractivity contribution is -0.136. The van der Waals surface area contributed by atoms with Crippen LogP contribution in [0.15, 0.2) is 84.7 Å². The molecule has 2 aromatic heterocycles. The monoisotopic (exact) mass is 895 g/mol. The standard InChI is InChI=1S/C50H58FN11O4/c1-33(52)47(36-9-3-2-4-10-36)48-53-43(30-45(54-48)60-22-19-59(20-23-60)25-26-63)37-11-5-7-34(27-37)8-6-12-39-31-61(57-56-39)24-21-58-17-15-35(16-18-58)40-28-38(51)29-41-42(40)32-62(50(41)66)44-13-14-46(64)55-49(44)65/h2-5,7,9-11,27-31,35,44,63H,6,8,12-26,32,52H2,1H3,(H,55,64,65). The number of hydrogen-bond acceptors (Lipinski definition) is 12. The van der Waals surface area contributed by atoms with Gasteiger partial charge in [0.05, 0.1) is 24.5 Å². The number of nitrogens with one attached hydrogen (secondary N) is 1. The number of β-amino-alcohol motifs (C(OH)–C–C–N with tert-alkyl or cyclic N) is 1. The van der Waals surface area contributed by atoms with Gasteiger partial charge in [0.1, 0.15) is 17.7 Å². The third-order valence-corrected chi connectivity index (χ3v) is 13.5. The maximum atomic E-state index is 14.9. The van der Waals surface area contributed by atoms with Crippen LogP contribution in [0.3, 0.4) is 0 Å². The molecule has 344 valence electrons. The van der Waals surface area contributed by atoms with Crippen molar-refractivity contribution >= 4 is 29.1 Å². The first-order valence-electron chi connectivity index (χ1n) is 23.3. The van der Waals surface area contributed by atoms with Crippen LogP contribution in [0.4, 0.5) is 10.2 Å². The number of aliphatic hydroxyl groups excluding tert-OH is 1. The number of nitrogens with two attached hydrogens (primary N) is 1. The minimum absolute atomic E-state index is 0.101. The number of piperazine rings is 1. The van der Waals surface area contributed by atoms with E-state index in [1.54, 1.807) is 6.07 Å². The third kappa shape index (κ3) is 10.1. The molecule has 4 aliphatic heterocycles. The summed E-state index contributed by atoms with van der Waals surface area (Å²) in [5, 5.41) is 20.8. The highest BCUT2D eigenvalue weighted by molar-refractivity contribution is 6.05. The molecule has 4 N–H and O–H groups in total. The Bertz CT molecular complexity index is 2600. The third-order valence-electron chi connectivity index (χ3n) is 13.5. The fraction of sp³-hybridized carbons (Fsp3) is 0.420. The number of aliphatic hydroxyl groups is 1. The number of benzene rings is 3. The molecule has 3 aromatic carbocycles. The number of allylic oxidation sites excluding steroid dienone is 1. The second-order valence-electron chi connectivity index (χ2n) is 18.0. The zero-order valence-corrected chi connectivity index (χ0v) is 37.5. The van der Waals surface area contributed by atoms with Crippen molar-refractivity contribution in [3.8, 4) is 11.3 Å². The minimum Gasteiger partial charge on any atom is -0.402 e. The molecule has 66 heavy (non-hydrogen) atoms. The predicted octanol–water partition coefficient (Wildman–Crippen LogP) is 4.54. The quantitative estimate of drug-likeness (QED) is 0.125. The van der Waals surface area contributed by atoms with Crippen molar-refractivity contribution < 1.29 is 23.9 Å². The SMILES string of the molecule is CC(N)=C(c1ccccc1)c1nc(-c2cccc(CCCc3cn(CCN4CCC(c5cc(F)cc6c5CN(C5CCC(=O)NC5=O)C6=O)CC4)nn3)c2)cc(N2CCN(CCO)CC2)n1. The number of anilines is 1. The summed E-state index contributed by atoms with van der Waals surface area (Å²) in [7, 11) is 0. The molecule has 3 amide bonds. The van der Waals surface area contributed by atoms with Gasteiger partial charge in [-0.05, 0) is 105 Å². The molecular formula is C50H58FN11O4. The van der Waals surface area contributed by atoms with E-state index in [4.69, 9.17) is 15.7 Å². The second-order valence-corrected chi connectivity index (χ2v) is 18.0. The average Bonchev–Trinajstić information content (AvgIpc) is 3.92. The van der Waals surface area contributed by atoms with Crippen molar-refractivity contribution in [2.24, 2.45) is 5.73 Å². The number of fused-ring (bicyclic) bond motifs is 1. The second kappa shape index (κ2) is 20.0. The Hall–Kier alpha value is -6.36. The van der Waals surface area contributed by atoms with Crippen LogP contribution in [0, 0.1) is 5.82 Å². The number of hydrogen-bond donors (Lipinski definition) is 3. The van der Waals surface area contributed by atoms with Crippen LogP contribution in [0.5, 0.6) is 0 Å². The Labute approximate surface area is 384 Å². The molecule has 9 rings (SSSR count). The highest BCUT2D eigenvalue weighted by atomic mass is 19.1. The van der Waals surface area contributed by atoms with Gasteiger partial charge in [0.2, 0.25) is 11.8 Å². The molecule has 6 heterocycles. The van der Waals surface area contributed by atoms with Gasteiger partial charge < -0.3 is 25.5 Å². The Morgan fingerprint density at radius 3 is 2.41 bits per heavy atom. The van der Waals surface area contributed by atoms with Crippen molar-refractivity contribution in [2.75, 3.05) is 63.9 Å². The maximum Gasteiger partial charge on any atom is 0.255 e. The molecule has 0 saturated carbocycles. The number of halogens is 1. The molecule has 1 atom stereocenters. The summed E-state index contributed by atoms with van der Waals surface area (Å²) in [5.74, 6) is -0.0425. The summed E-state index contributed by atoms with van der Waals surface area (Å²) in [6, 6.07) is 22.8. The van der Waals surface area contributed by atoms with E-state index in [1.165, 1.54) is 16.5 Å². The van der Waals surface area contributed by atoms with Crippen LogP contribution >= 0.6 is 0 Å². The largest absolute Gasteiger partial charge is 0.402 e. The van der Waals surface area contributed by atoms with Crippen molar-refractivity contribution in [3.63, 3.8) is 0 Å². The van der Waals surface area contributed by atoms with E-state index >= 15 is 0 Å². The highest BCUT2D eigenvalue weighted by Gasteiger charge is 2.41. The Morgan fingerprint density at radius 2 is 1.65 bits per heavy atom. The number of nitrogens with zero attached hydrogens (tertiary/aromatic N) is 9. The van der Waals surface area contributed by atoms with Gasteiger partial charge in [-0.25, -0.2) is 14.4 Å². The minimum atomic E-state index is -0.731. The van der Waals surface area contributed by atoms with Gasteiger partial charge in [0.15, 0.2) is 5.82 Å². The first-order chi connectivity index (χ1) is 32.1. The van der Waals surface area contributed by atoms with E-state index in [1.807, 2.05) is 48.1 Å². The summed E-state index contributed by atoms with van der Waals surface area (Å²) in [6.45, 7) is 9.43. The fourth-order valence-corrected chi connectivity index (χ4v) is 9.99. The molecule has 5 aromatic rings. The van der Waals surface area contributed by atoms with Gasteiger partial charge >= 0.3 is 0 Å². The Morgan fingerprint density at radius 1 is 0.864 bits per heavy atom. The van der Waals surface area contributed by atoms with E-state index in [2.05, 4.69) is 60.7 Å². The molecule has 15 nitrogen and oxygen atoms in total. The van der Waals surface area contributed by atoms with Gasteiger partial charge in [-0.15, -0.1) is 5.10 Å². The predicted molar refractivity (Wildman–Crippen MR) is 248 cm³/mol. The van der Waals surface area contributed by atoms with Crippen LogP contribution in [0.25, 0.3) is 16.8 Å². The van der Waals surface area contributed by atoms with Gasteiger partial charge in [-0.3, -0.25) is 29.3 Å². The van der Waals surface area contributed by atoms with Gasteiger partial charge in [0.25, 0.3) is 5.91 Å². The molecule has 3 fully saturated rings. The highest BCUT2D eigenvalue weighted by Crippen LogP contribution is 2.38. The van der Waals surface area contributed by atoms with E-state index in [0.717, 1.165) is 123 Å². The summed E-state index contributed by atoms with van der Waals surface area (Å²) < 4.78 is 16.8. The number of aryl methyl sites for hydroxylation is 2. The Balaban J connectivity index is 0.794. The number of carbonyl (C=O) groups is 3. The summed E-state index contributed by atoms with van der Waals surface area (Å²) in [5.41, 5.74) is 14.9. The van der Waals surface area contributed by atoms with Crippen LogP contribution in [0.2, 0.25) is 0 Å². The first kappa shape index (κ1) is 44.8. The molecule has 1 unspecified atom stereocenters. The van der Waals surface area contributed by atoms with E-state index in [9.17, 15) is 23.9 Å². The van der Waals surface area contributed by atoms with E-state index < -0.39 is 17.8 Å². The molecule has 4 aliphatic rings. The number of amides is 3. The van der Waals surface area contributed by atoms with Gasteiger partial charge in [0, 0.05) is 86.9 Å². The molecule has 3 saturated heterocycles. The molecule has 16 heteroatoms. The summed E-state index contributed by atoms with van der Waals surface area (Å²) in [6.07, 6.45) is 6.70. The van der Waals surface area contributed by atoms with Crippen LogP contribution in [0.1, 0.15) is 89.1 Å². The fourth-order valence-electron chi connectivity index (χ4n) is 9.99.